The molecule has 0 radical (unpaired) electrons. The summed E-state index contributed by atoms with van der Waals surface area (Å²) in [6.07, 6.45) is -3.28. The van der Waals surface area contributed by atoms with Crippen LogP contribution in [0.25, 0.3) is 11.1 Å². The summed E-state index contributed by atoms with van der Waals surface area (Å²) < 4.78 is 39.6. The first-order chi connectivity index (χ1) is 9.36. The highest BCUT2D eigenvalue weighted by atomic mass is 79.9. The fourth-order valence-electron chi connectivity index (χ4n) is 1.88. The molecule has 1 aromatic carbocycles. The second-order valence-corrected chi connectivity index (χ2v) is 4.65. The van der Waals surface area contributed by atoms with E-state index in [4.69, 9.17) is 11.0 Å². The molecule has 102 valence electrons. The van der Waals surface area contributed by atoms with E-state index in [0.717, 1.165) is 0 Å². The van der Waals surface area contributed by atoms with Gasteiger partial charge in [-0.15, -0.1) is 0 Å². The summed E-state index contributed by atoms with van der Waals surface area (Å²) in [5, 5.41) is 9.09. The summed E-state index contributed by atoms with van der Waals surface area (Å²) in [5.41, 5.74) is 4.14. The number of nitrogens with zero attached hydrogens (tertiary/aromatic N) is 2. The van der Waals surface area contributed by atoms with Crippen molar-refractivity contribution in [3.8, 4) is 17.2 Å². The fourth-order valence-corrected chi connectivity index (χ4v) is 2.30. The van der Waals surface area contributed by atoms with Gasteiger partial charge in [0.05, 0.1) is 11.1 Å². The van der Waals surface area contributed by atoms with Gasteiger partial charge in [-0.2, -0.15) is 18.4 Å². The number of halogens is 4. The molecule has 1 heterocycles. The molecule has 0 bridgehead atoms. The molecule has 0 aliphatic heterocycles. The van der Waals surface area contributed by atoms with Crippen LogP contribution in [0, 0.1) is 11.3 Å². The molecule has 2 aromatic rings. The van der Waals surface area contributed by atoms with Crippen molar-refractivity contribution in [3.05, 3.63) is 46.2 Å². The van der Waals surface area contributed by atoms with E-state index in [-0.39, 0.29) is 27.0 Å². The van der Waals surface area contributed by atoms with Crippen molar-refractivity contribution in [2.45, 2.75) is 6.18 Å². The van der Waals surface area contributed by atoms with Gasteiger partial charge in [-0.1, -0.05) is 12.1 Å². The molecule has 0 aliphatic rings. The number of benzene rings is 1. The quantitative estimate of drug-likeness (QED) is 0.630. The highest BCUT2D eigenvalue weighted by Crippen LogP contribution is 2.41. The van der Waals surface area contributed by atoms with Crippen molar-refractivity contribution in [2.75, 3.05) is 5.73 Å². The molecule has 3 nitrogen and oxygen atoms in total. The van der Waals surface area contributed by atoms with Crippen molar-refractivity contribution in [2.24, 2.45) is 0 Å². The summed E-state index contributed by atoms with van der Waals surface area (Å²) in [6, 6.07) is 7.06. The number of anilines is 1. The third-order valence-corrected chi connectivity index (χ3v) is 3.29. The predicted molar refractivity (Wildman–Crippen MR) is 71.5 cm³/mol. The van der Waals surface area contributed by atoms with Gasteiger partial charge in [0.15, 0.2) is 0 Å². The maximum Gasteiger partial charge on any atom is 0.418 e. The summed E-state index contributed by atoms with van der Waals surface area (Å²) >= 11 is 3.05. The van der Waals surface area contributed by atoms with E-state index in [1.54, 1.807) is 0 Å². The number of hydrogen-bond donors (Lipinski definition) is 1. The molecule has 0 unspecified atom stereocenters. The maximum atomic E-state index is 13.1. The van der Waals surface area contributed by atoms with Crippen LogP contribution < -0.4 is 5.73 Å². The topological polar surface area (TPSA) is 62.7 Å². The third-order valence-electron chi connectivity index (χ3n) is 2.69. The number of nitrogens with two attached hydrogens (primary N) is 1. The first kappa shape index (κ1) is 14.3. The summed E-state index contributed by atoms with van der Waals surface area (Å²) in [4.78, 5) is 3.83. The molecule has 0 aliphatic carbocycles. The Labute approximate surface area is 121 Å². The van der Waals surface area contributed by atoms with E-state index in [9.17, 15) is 13.2 Å². The average molecular weight is 342 g/mol. The molecule has 0 spiro atoms. The minimum atomic E-state index is -4.61. The van der Waals surface area contributed by atoms with Gasteiger partial charge in [0.2, 0.25) is 0 Å². The standard InChI is InChI=1S/C13H7BrF3N3/c14-12-9(6-18)7(4-5-20-12)8-2-1-3-10(19)11(8)13(15,16)17/h1-5H,19H2. The van der Waals surface area contributed by atoms with Gasteiger partial charge in [0.25, 0.3) is 0 Å². The van der Waals surface area contributed by atoms with E-state index < -0.39 is 11.7 Å². The first-order valence-corrected chi connectivity index (χ1v) is 6.16. The van der Waals surface area contributed by atoms with Crippen LogP contribution in [0.5, 0.6) is 0 Å². The summed E-state index contributed by atoms with van der Waals surface area (Å²) in [6.45, 7) is 0. The molecule has 2 rings (SSSR count). The van der Waals surface area contributed by atoms with Gasteiger partial charge in [0, 0.05) is 17.4 Å². The van der Waals surface area contributed by atoms with Crippen LogP contribution in [0.1, 0.15) is 11.1 Å². The molecule has 0 saturated carbocycles. The Morgan fingerprint density at radius 3 is 2.50 bits per heavy atom. The summed E-state index contributed by atoms with van der Waals surface area (Å²) in [5.74, 6) is 0. The molecule has 0 fully saturated rings. The molecule has 0 amide bonds. The van der Waals surface area contributed by atoms with E-state index in [2.05, 4.69) is 20.9 Å². The monoisotopic (exact) mass is 341 g/mol. The second kappa shape index (κ2) is 5.13. The minimum Gasteiger partial charge on any atom is -0.398 e. The number of alkyl halides is 3. The number of rotatable bonds is 1. The number of pyridine rings is 1. The zero-order chi connectivity index (χ0) is 14.9. The smallest absolute Gasteiger partial charge is 0.398 e. The SMILES string of the molecule is N#Cc1c(-c2cccc(N)c2C(F)(F)F)ccnc1Br. The van der Waals surface area contributed by atoms with Gasteiger partial charge in [-0.3, -0.25) is 0 Å². The van der Waals surface area contributed by atoms with Crippen LogP contribution in [0.15, 0.2) is 35.1 Å². The van der Waals surface area contributed by atoms with Crippen molar-refractivity contribution in [1.29, 1.82) is 5.26 Å². The Bertz CT molecular complexity index is 705. The Morgan fingerprint density at radius 2 is 1.90 bits per heavy atom. The number of aromatic nitrogens is 1. The lowest BCUT2D eigenvalue weighted by Gasteiger charge is -2.16. The van der Waals surface area contributed by atoms with Gasteiger partial charge < -0.3 is 5.73 Å². The maximum absolute atomic E-state index is 13.1. The Morgan fingerprint density at radius 1 is 1.20 bits per heavy atom. The average Bonchev–Trinajstić information content (AvgIpc) is 2.36. The van der Waals surface area contributed by atoms with E-state index in [0.29, 0.717) is 0 Å². The number of nitrogen functional groups attached to an aromatic ring is 1. The molecule has 0 saturated heterocycles. The summed E-state index contributed by atoms with van der Waals surface area (Å²) in [7, 11) is 0. The zero-order valence-electron chi connectivity index (χ0n) is 9.87. The van der Waals surface area contributed by atoms with Crippen molar-refractivity contribution >= 4 is 21.6 Å². The van der Waals surface area contributed by atoms with Crippen LogP contribution >= 0.6 is 15.9 Å². The van der Waals surface area contributed by atoms with Crippen molar-refractivity contribution in [3.63, 3.8) is 0 Å². The predicted octanol–water partition coefficient (Wildman–Crippen LogP) is 3.98. The molecular formula is C13H7BrF3N3. The van der Waals surface area contributed by atoms with Gasteiger partial charge in [0.1, 0.15) is 10.7 Å². The van der Waals surface area contributed by atoms with Crippen LogP contribution in [-0.2, 0) is 6.18 Å². The van der Waals surface area contributed by atoms with Crippen LogP contribution in [0.4, 0.5) is 18.9 Å². The lowest BCUT2D eigenvalue weighted by molar-refractivity contribution is -0.136. The van der Waals surface area contributed by atoms with Gasteiger partial charge in [-0.05, 0) is 33.6 Å². The molecule has 7 heteroatoms. The normalized spacial score (nSPS) is 11.2. The van der Waals surface area contributed by atoms with Crippen LogP contribution in [0.3, 0.4) is 0 Å². The van der Waals surface area contributed by atoms with Crippen LogP contribution in [-0.4, -0.2) is 4.98 Å². The largest absolute Gasteiger partial charge is 0.418 e. The van der Waals surface area contributed by atoms with Crippen molar-refractivity contribution < 1.29 is 13.2 Å². The lowest BCUT2D eigenvalue weighted by atomic mass is 9.95. The Hall–Kier alpha value is -2.07. The van der Waals surface area contributed by atoms with Gasteiger partial charge in [-0.25, -0.2) is 4.98 Å². The lowest BCUT2D eigenvalue weighted by Crippen LogP contribution is -2.11. The van der Waals surface area contributed by atoms with E-state index in [1.165, 1.54) is 30.5 Å². The first-order valence-electron chi connectivity index (χ1n) is 5.37. The minimum absolute atomic E-state index is 0.0311. The highest BCUT2D eigenvalue weighted by molar-refractivity contribution is 9.10. The third kappa shape index (κ3) is 2.47. The molecular weight excluding hydrogens is 335 g/mol. The highest BCUT2D eigenvalue weighted by Gasteiger charge is 2.36. The van der Waals surface area contributed by atoms with Crippen molar-refractivity contribution in [1.82, 2.24) is 4.98 Å². The molecule has 2 N–H and O–H groups in total. The van der Waals surface area contributed by atoms with Crippen LogP contribution in [0.2, 0.25) is 0 Å². The molecule has 1 aromatic heterocycles. The fraction of sp³-hybridized carbons (Fsp3) is 0.0769. The number of hydrogen-bond acceptors (Lipinski definition) is 3. The number of nitriles is 1. The van der Waals surface area contributed by atoms with E-state index in [1.807, 2.05) is 6.07 Å². The Balaban J connectivity index is 2.82. The second-order valence-electron chi connectivity index (χ2n) is 3.90. The molecule has 20 heavy (non-hydrogen) atoms. The van der Waals surface area contributed by atoms with E-state index >= 15 is 0 Å². The van der Waals surface area contributed by atoms with Gasteiger partial charge >= 0.3 is 6.18 Å². The Kier molecular flexibility index (Phi) is 3.68. The zero-order valence-corrected chi connectivity index (χ0v) is 11.5. The molecule has 0 atom stereocenters.